The van der Waals surface area contributed by atoms with Crippen molar-refractivity contribution in [2.24, 2.45) is 5.92 Å². The van der Waals surface area contributed by atoms with Gasteiger partial charge in [0.2, 0.25) is 10.0 Å². The van der Waals surface area contributed by atoms with Gasteiger partial charge in [-0.1, -0.05) is 6.92 Å². The van der Waals surface area contributed by atoms with Gasteiger partial charge >= 0.3 is 0 Å². The summed E-state index contributed by atoms with van der Waals surface area (Å²) in [6.45, 7) is 5.04. The molecule has 0 unspecified atom stereocenters. The molecule has 0 bridgehead atoms. The first-order chi connectivity index (χ1) is 10.2. The minimum atomic E-state index is -3.45. The van der Waals surface area contributed by atoms with Crippen molar-refractivity contribution in [1.82, 2.24) is 9.21 Å². The van der Waals surface area contributed by atoms with Crippen molar-refractivity contribution in [1.29, 1.82) is 0 Å². The lowest BCUT2D eigenvalue weighted by atomic mass is 9.93. The average Bonchev–Trinajstić information content (AvgIpc) is 2.46. The summed E-state index contributed by atoms with van der Waals surface area (Å²) < 4.78 is 25.2. The summed E-state index contributed by atoms with van der Waals surface area (Å²) in [6, 6.07) is 6.42. The Bertz CT molecular complexity index is 638. The predicted octanol–water partition coefficient (Wildman–Crippen LogP) is 2.20. The number of benzene rings is 1. The molecule has 1 aliphatic heterocycles. The van der Waals surface area contributed by atoms with E-state index in [2.05, 4.69) is 13.8 Å². The first-order valence-corrected chi connectivity index (χ1v) is 9.01. The fraction of sp³-hybridized carbons (Fsp3) is 0.562. The van der Waals surface area contributed by atoms with Crippen molar-refractivity contribution < 1.29 is 13.2 Å². The van der Waals surface area contributed by atoms with Gasteiger partial charge < -0.3 is 4.90 Å². The van der Waals surface area contributed by atoms with E-state index in [1.54, 1.807) is 12.1 Å². The molecule has 1 saturated heterocycles. The highest BCUT2D eigenvalue weighted by atomic mass is 32.2. The number of carbonyl (C=O) groups excluding carboxylic acids is 1. The smallest absolute Gasteiger partial charge is 0.254 e. The lowest BCUT2D eigenvalue weighted by Crippen LogP contribution is -2.44. The largest absolute Gasteiger partial charge is 0.336 e. The number of rotatable bonds is 3. The molecule has 22 heavy (non-hydrogen) atoms. The van der Waals surface area contributed by atoms with Crippen LogP contribution in [-0.4, -0.2) is 50.2 Å². The van der Waals surface area contributed by atoms with E-state index in [4.69, 9.17) is 0 Å². The Morgan fingerprint density at radius 1 is 1.18 bits per heavy atom. The maximum absolute atomic E-state index is 12.6. The van der Waals surface area contributed by atoms with E-state index in [0.717, 1.165) is 23.7 Å². The van der Waals surface area contributed by atoms with Crippen molar-refractivity contribution in [2.45, 2.75) is 37.6 Å². The summed E-state index contributed by atoms with van der Waals surface area (Å²) in [4.78, 5) is 14.7. The third-order valence-electron chi connectivity index (χ3n) is 4.28. The Balaban J connectivity index is 2.19. The van der Waals surface area contributed by atoms with Gasteiger partial charge in [-0.2, -0.15) is 0 Å². The molecule has 2 atom stereocenters. The Kier molecular flexibility index (Phi) is 4.92. The lowest BCUT2D eigenvalue weighted by molar-refractivity contribution is 0.0588. The molecule has 122 valence electrons. The van der Waals surface area contributed by atoms with Gasteiger partial charge in [0.25, 0.3) is 5.91 Å². The second-order valence-corrected chi connectivity index (χ2v) is 8.44. The van der Waals surface area contributed by atoms with E-state index in [9.17, 15) is 13.2 Å². The number of sulfonamides is 1. The van der Waals surface area contributed by atoms with Crippen molar-refractivity contribution >= 4 is 15.9 Å². The Morgan fingerprint density at radius 2 is 1.77 bits per heavy atom. The Morgan fingerprint density at radius 3 is 2.27 bits per heavy atom. The van der Waals surface area contributed by atoms with Crippen molar-refractivity contribution in [3.63, 3.8) is 0 Å². The molecule has 1 heterocycles. The molecule has 2 rings (SSSR count). The van der Waals surface area contributed by atoms with Crippen molar-refractivity contribution in [2.75, 3.05) is 20.6 Å². The first-order valence-electron chi connectivity index (χ1n) is 7.57. The highest BCUT2D eigenvalue weighted by molar-refractivity contribution is 7.89. The van der Waals surface area contributed by atoms with Gasteiger partial charge in [0.1, 0.15) is 0 Å². The summed E-state index contributed by atoms with van der Waals surface area (Å²) >= 11 is 0. The zero-order valence-electron chi connectivity index (χ0n) is 13.6. The number of hydrogen-bond donors (Lipinski definition) is 0. The Labute approximate surface area is 133 Å². The standard InChI is InChI=1S/C16H24N2O3S/c1-12-9-10-18(13(2)11-12)16(19)14-5-7-15(8-6-14)22(20,21)17(3)4/h5-8,12-13H,9-11H2,1-4H3/t12-,13+/m0/s1. The second-order valence-electron chi connectivity index (χ2n) is 6.29. The van der Waals surface area contributed by atoms with E-state index in [1.807, 2.05) is 4.90 Å². The van der Waals surface area contributed by atoms with Gasteiger partial charge in [-0.15, -0.1) is 0 Å². The number of likely N-dealkylation sites (tertiary alicyclic amines) is 1. The fourth-order valence-corrected chi connectivity index (χ4v) is 3.76. The van der Waals surface area contributed by atoms with E-state index < -0.39 is 10.0 Å². The molecule has 1 aliphatic rings. The molecule has 0 radical (unpaired) electrons. The maximum Gasteiger partial charge on any atom is 0.254 e. The molecule has 1 aromatic rings. The summed E-state index contributed by atoms with van der Waals surface area (Å²) in [5, 5.41) is 0. The van der Waals surface area contributed by atoms with Gasteiger partial charge in [-0.05, 0) is 49.9 Å². The van der Waals surface area contributed by atoms with Crippen LogP contribution in [0, 0.1) is 5.92 Å². The SMILES string of the molecule is C[C@H]1CCN(C(=O)c2ccc(S(=O)(=O)N(C)C)cc2)[C@H](C)C1. The summed E-state index contributed by atoms with van der Waals surface area (Å²) in [7, 11) is -0.472. The highest BCUT2D eigenvalue weighted by Gasteiger charge is 2.27. The predicted molar refractivity (Wildman–Crippen MR) is 86.2 cm³/mol. The number of carbonyl (C=O) groups is 1. The topological polar surface area (TPSA) is 57.7 Å². The van der Waals surface area contributed by atoms with Crippen LogP contribution in [0.5, 0.6) is 0 Å². The highest BCUT2D eigenvalue weighted by Crippen LogP contribution is 2.24. The van der Waals surface area contributed by atoms with Crippen LogP contribution in [0.2, 0.25) is 0 Å². The minimum absolute atomic E-state index is 0.0202. The van der Waals surface area contributed by atoms with Crippen molar-refractivity contribution in [3.05, 3.63) is 29.8 Å². The number of nitrogens with zero attached hydrogens (tertiary/aromatic N) is 2. The molecule has 5 nitrogen and oxygen atoms in total. The van der Waals surface area contributed by atoms with E-state index >= 15 is 0 Å². The molecule has 6 heteroatoms. The zero-order chi connectivity index (χ0) is 16.5. The van der Waals surface area contributed by atoms with Crippen LogP contribution in [0.3, 0.4) is 0 Å². The number of amides is 1. The monoisotopic (exact) mass is 324 g/mol. The van der Waals surface area contributed by atoms with Crippen LogP contribution in [0.4, 0.5) is 0 Å². The van der Waals surface area contributed by atoms with Crippen molar-refractivity contribution in [3.8, 4) is 0 Å². The minimum Gasteiger partial charge on any atom is -0.336 e. The molecule has 1 amide bonds. The number of piperidine rings is 1. The van der Waals surface area contributed by atoms with Crippen LogP contribution in [0.25, 0.3) is 0 Å². The summed E-state index contributed by atoms with van der Waals surface area (Å²) in [5.74, 6) is 0.625. The molecular weight excluding hydrogens is 300 g/mol. The molecular formula is C16H24N2O3S. The molecule has 0 spiro atoms. The van der Waals surface area contributed by atoms with Crippen LogP contribution >= 0.6 is 0 Å². The summed E-state index contributed by atoms with van der Waals surface area (Å²) in [5.41, 5.74) is 0.541. The third-order valence-corrected chi connectivity index (χ3v) is 6.11. The molecule has 1 aromatic carbocycles. The quantitative estimate of drug-likeness (QED) is 0.856. The molecule has 0 aromatic heterocycles. The normalized spacial score (nSPS) is 22.9. The van der Waals surface area contributed by atoms with Gasteiger partial charge in [0, 0.05) is 32.2 Å². The second kappa shape index (κ2) is 6.38. The van der Waals surface area contributed by atoms with E-state index in [0.29, 0.717) is 11.5 Å². The number of hydrogen-bond acceptors (Lipinski definition) is 3. The molecule has 0 aliphatic carbocycles. The van der Waals surface area contributed by atoms with E-state index in [-0.39, 0.29) is 16.8 Å². The zero-order valence-corrected chi connectivity index (χ0v) is 14.4. The van der Waals surface area contributed by atoms with Gasteiger partial charge in [-0.3, -0.25) is 4.79 Å². The molecule has 0 N–H and O–H groups in total. The van der Waals surface area contributed by atoms with Gasteiger partial charge in [0.15, 0.2) is 0 Å². The van der Waals surface area contributed by atoms with Crippen LogP contribution in [-0.2, 0) is 10.0 Å². The first kappa shape index (κ1) is 17.0. The summed E-state index contributed by atoms with van der Waals surface area (Å²) in [6.07, 6.45) is 2.03. The van der Waals surface area contributed by atoms with Crippen LogP contribution in [0.15, 0.2) is 29.2 Å². The average molecular weight is 324 g/mol. The maximum atomic E-state index is 12.6. The third kappa shape index (κ3) is 3.33. The lowest BCUT2D eigenvalue weighted by Gasteiger charge is -2.36. The van der Waals surface area contributed by atoms with Gasteiger partial charge in [0.05, 0.1) is 4.90 Å². The van der Waals surface area contributed by atoms with Gasteiger partial charge in [-0.25, -0.2) is 12.7 Å². The van der Waals surface area contributed by atoms with E-state index in [1.165, 1.54) is 26.2 Å². The van der Waals surface area contributed by atoms with Crippen LogP contribution < -0.4 is 0 Å². The van der Waals surface area contributed by atoms with Crippen LogP contribution in [0.1, 0.15) is 37.0 Å². The molecule has 1 fully saturated rings. The Hall–Kier alpha value is -1.40. The molecule has 0 saturated carbocycles. The fourth-order valence-electron chi connectivity index (χ4n) is 2.86.